The van der Waals surface area contributed by atoms with E-state index in [1.54, 1.807) is 0 Å². The normalized spacial score (nSPS) is 11.3. The molecular formula is C44H29N3Si. The SMILES string of the molecule is N#Cc1ccc2c(c1)c1ccccc1n2-c1c(C#N)cccc1-c1ccccc1[Si](c1ccccc1)(c1ccccc1)c1ccccc1. The number of aromatic nitrogens is 1. The van der Waals surface area contributed by atoms with Gasteiger partial charge in [0.25, 0.3) is 0 Å². The van der Waals surface area contributed by atoms with Crippen LogP contribution in [-0.2, 0) is 0 Å². The zero-order valence-electron chi connectivity index (χ0n) is 26.1. The maximum atomic E-state index is 10.7. The predicted octanol–water partition coefficient (Wildman–Crippen LogP) is 7.57. The van der Waals surface area contributed by atoms with Gasteiger partial charge in [-0.1, -0.05) is 146 Å². The quantitative estimate of drug-likeness (QED) is 0.141. The maximum Gasteiger partial charge on any atom is 0.180 e. The van der Waals surface area contributed by atoms with Gasteiger partial charge in [0.05, 0.1) is 33.9 Å². The van der Waals surface area contributed by atoms with Gasteiger partial charge in [0.15, 0.2) is 8.07 Å². The van der Waals surface area contributed by atoms with Gasteiger partial charge in [0, 0.05) is 16.3 Å². The molecule has 8 rings (SSSR count). The summed E-state index contributed by atoms with van der Waals surface area (Å²) < 4.78 is 2.22. The summed E-state index contributed by atoms with van der Waals surface area (Å²) in [5.74, 6) is 0. The number of fused-ring (bicyclic) bond motifs is 3. The lowest BCUT2D eigenvalue weighted by atomic mass is 9.99. The zero-order valence-corrected chi connectivity index (χ0v) is 27.1. The van der Waals surface area contributed by atoms with Crippen LogP contribution in [0.15, 0.2) is 176 Å². The molecule has 0 saturated heterocycles. The molecular weight excluding hydrogens is 599 g/mol. The highest BCUT2D eigenvalue weighted by molar-refractivity contribution is 7.20. The first-order chi connectivity index (χ1) is 23.8. The molecule has 0 aliphatic carbocycles. The highest BCUT2D eigenvalue weighted by atomic mass is 28.3. The summed E-state index contributed by atoms with van der Waals surface area (Å²) in [6, 6.07) is 66.4. The van der Waals surface area contributed by atoms with Crippen LogP contribution < -0.4 is 20.7 Å². The predicted molar refractivity (Wildman–Crippen MR) is 199 cm³/mol. The molecule has 8 aromatic rings. The van der Waals surface area contributed by atoms with Crippen molar-refractivity contribution >= 4 is 50.6 Å². The molecule has 1 heterocycles. The fraction of sp³-hybridized carbons (Fsp3) is 0. The van der Waals surface area contributed by atoms with Crippen molar-refractivity contribution in [2.24, 2.45) is 0 Å². The fourth-order valence-electron chi connectivity index (χ4n) is 7.45. The molecule has 1 aromatic heterocycles. The zero-order chi connectivity index (χ0) is 32.5. The largest absolute Gasteiger partial charge is 0.307 e. The van der Waals surface area contributed by atoms with Gasteiger partial charge in [-0.05, 0) is 56.6 Å². The fourth-order valence-corrected chi connectivity index (χ4v) is 12.4. The van der Waals surface area contributed by atoms with Gasteiger partial charge in [0.2, 0.25) is 0 Å². The van der Waals surface area contributed by atoms with Crippen LogP contribution >= 0.6 is 0 Å². The molecule has 7 aromatic carbocycles. The van der Waals surface area contributed by atoms with Crippen molar-refractivity contribution in [3.05, 3.63) is 187 Å². The molecule has 0 spiro atoms. The third kappa shape index (κ3) is 4.48. The molecule has 0 fully saturated rings. The second-order valence-corrected chi connectivity index (χ2v) is 15.7. The molecule has 4 heteroatoms. The molecule has 0 amide bonds. The molecule has 48 heavy (non-hydrogen) atoms. The summed E-state index contributed by atoms with van der Waals surface area (Å²) in [4.78, 5) is 0. The molecule has 224 valence electrons. The highest BCUT2D eigenvalue weighted by Crippen LogP contribution is 2.38. The Morgan fingerprint density at radius 2 is 0.979 bits per heavy atom. The van der Waals surface area contributed by atoms with Gasteiger partial charge in [-0.15, -0.1) is 0 Å². The van der Waals surface area contributed by atoms with Crippen LogP contribution in [0.4, 0.5) is 0 Å². The van der Waals surface area contributed by atoms with Crippen LogP contribution in [0.2, 0.25) is 0 Å². The number of benzene rings is 7. The van der Waals surface area contributed by atoms with Crippen LogP contribution in [-0.4, -0.2) is 12.6 Å². The number of para-hydroxylation sites is 2. The van der Waals surface area contributed by atoms with Crippen molar-refractivity contribution in [1.82, 2.24) is 4.57 Å². The molecule has 0 aliphatic rings. The van der Waals surface area contributed by atoms with Gasteiger partial charge in [-0.3, -0.25) is 0 Å². The number of rotatable bonds is 6. The van der Waals surface area contributed by atoms with Crippen molar-refractivity contribution in [3.63, 3.8) is 0 Å². The Kier molecular flexibility index (Phi) is 7.27. The van der Waals surface area contributed by atoms with Crippen molar-refractivity contribution in [2.45, 2.75) is 0 Å². The lowest BCUT2D eigenvalue weighted by Crippen LogP contribution is -2.75. The molecule has 0 aliphatic heterocycles. The van der Waals surface area contributed by atoms with E-state index in [-0.39, 0.29) is 0 Å². The van der Waals surface area contributed by atoms with Crippen LogP contribution in [0, 0.1) is 22.7 Å². The van der Waals surface area contributed by atoms with Gasteiger partial charge in [-0.2, -0.15) is 10.5 Å². The average molecular weight is 628 g/mol. The van der Waals surface area contributed by atoms with E-state index < -0.39 is 8.07 Å². The Labute approximate surface area is 280 Å². The minimum atomic E-state index is -2.91. The van der Waals surface area contributed by atoms with Crippen LogP contribution in [0.25, 0.3) is 38.6 Å². The van der Waals surface area contributed by atoms with Crippen molar-refractivity contribution in [2.75, 3.05) is 0 Å². The monoisotopic (exact) mass is 627 g/mol. The first-order valence-corrected chi connectivity index (χ1v) is 18.0. The molecule has 3 nitrogen and oxygen atoms in total. The summed E-state index contributed by atoms with van der Waals surface area (Å²) in [5, 5.41) is 27.6. The average Bonchev–Trinajstić information content (AvgIpc) is 3.49. The number of nitriles is 2. The smallest absolute Gasteiger partial charge is 0.180 e. The molecule has 0 saturated carbocycles. The van der Waals surface area contributed by atoms with Crippen LogP contribution in [0.3, 0.4) is 0 Å². The van der Waals surface area contributed by atoms with Gasteiger partial charge < -0.3 is 4.57 Å². The third-order valence-corrected chi connectivity index (χ3v) is 14.3. The summed E-state index contributed by atoms with van der Waals surface area (Å²) >= 11 is 0. The van der Waals surface area contributed by atoms with E-state index in [2.05, 4.69) is 150 Å². The van der Waals surface area contributed by atoms with Crippen molar-refractivity contribution in [1.29, 1.82) is 10.5 Å². The summed E-state index contributed by atoms with van der Waals surface area (Å²) in [5.41, 5.74) is 6.04. The van der Waals surface area contributed by atoms with E-state index in [1.807, 2.05) is 42.5 Å². The highest BCUT2D eigenvalue weighted by Gasteiger charge is 2.43. The Morgan fingerprint density at radius 1 is 0.438 bits per heavy atom. The van der Waals surface area contributed by atoms with E-state index in [9.17, 15) is 10.5 Å². The van der Waals surface area contributed by atoms with E-state index in [1.165, 1.54) is 20.7 Å². The third-order valence-electron chi connectivity index (χ3n) is 9.42. The Hall–Kier alpha value is -6.46. The summed E-state index contributed by atoms with van der Waals surface area (Å²) in [7, 11) is -2.91. The van der Waals surface area contributed by atoms with Crippen molar-refractivity contribution in [3.8, 4) is 29.0 Å². The summed E-state index contributed by atoms with van der Waals surface area (Å²) in [6.45, 7) is 0. The standard InChI is InChI=1S/C44H29N3Si/c45-30-32-27-28-42-40(29-32)37-22-10-12-25-41(37)47(42)44-33(31-46)15-14-24-39(44)38-23-11-13-26-43(38)48(34-16-4-1-5-17-34,35-18-6-2-7-19-35)36-20-8-3-9-21-36/h1-29H. The minimum absolute atomic E-state index is 0.584. The molecule has 0 unspecified atom stereocenters. The Bertz CT molecular complexity index is 2430. The maximum absolute atomic E-state index is 10.7. The van der Waals surface area contributed by atoms with E-state index >= 15 is 0 Å². The summed E-state index contributed by atoms with van der Waals surface area (Å²) in [6.07, 6.45) is 0. The van der Waals surface area contributed by atoms with Crippen LogP contribution in [0.5, 0.6) is 0 Å². The van der Waals surface area contributed by atoms with Gasteiger partial charge in [-0.25, -0.2) is 0 Å². The molecule has 0 N–H and O–H groups in total. The lowest BCUT2D eigenvalue weighted by Gasteiger charge is -2.36. The van der Waals surface area contributed by atoms with Crippen molar-refractivity contribution < 1.29 is 0 Å². The first-order valence-electron chi connectivity index (χ1n) is 16.0. The lowest BCUT2D eigenvalue weighted by molar-refractivity contribution is 1.17. The van der Waals surface area contributed by atoms with Gasteiger partial charge in [0.1, 0.15) is 6.07 Å². The Balaban J connectivity index is 1.53. The first kappa shape index (κ1) is 29.0. The Morgan fingerprint density at radius 3 is 1.60 bits per heavy atom. The minimum Gasteiger partial charge on any atom is -0.307 e. The van der Waals surface area contributed by atoms with Crippen LogP contribution in [0.1, 0.15) is 11.1 Å². The van der Waals surface area contributed by atoms with E-state index in [0.29, 0.717) is 11.1 Å². The number of hydrogen-bond donors (Lipinski definition) is 0. The van der Waals surface area contributed by atoms with E-state index in [0.717, 1.165) is 38.6 Å². The second kappa shape index (κ2) is 12.0. The number of nitrogens with zero attached hydrogens (tertiary/aromatic N) is 3. The van der Waals surface area contributed by atoms with E-state index in [4.69, 9.17) is 0 Å². The second-order valence-electron chi connectivity index (χ2n) is 11.9. The number of hydrogen-bond acceptors (Lipinski definition) is 2. The van der Waals surface area contributed by atoms with Gasteiger partial charge >= 0.3 is 0 Å². The molecule has 0 radical (unpaired) electrons. The molecule has 0 bridgehead atoms. The molecule has 0 atom stereocenters. The topological polar surface area (TPSA) is 52.5 Å².